The average Bonchev–Trinajstić information content (AvgIpc) is 2.52. The first-order chi connectivity index (χ1) is 10.1. The van der Waals surface area contributed by atoms with Crippen LogP contribution in [0.4, 0.5) is 0 Å². The van der Waals surface area contributed by atoms with Crippen LogP contribution in [0, 0.1) is 0 Å². The Balaban J connectivity index is 2.32. The Bertz CT molecular complexity index is 631. The van der Waals surface area contributed by atoms with Gasteiger partial charge in [-0.3, -0.25) is 4.79 Å². The van der Waals surface area contributed by atoms with Gasteiger partial charge in [0, 0.05) is 11.6 Å². The van der Waals surface area contributed by atoms with E-state index in [2.05, 4.69) is 9.97 Å². The van der Waals surface area contributed by atoms with Gasteiger partial charge < -0.3 is 14.6 Å². The third kappa shape index (κ3) is 4.09. The fourth-order valence-corrected chi connectivity index (χ4v) is 2.18. The van der Waals surface area contributed by atoms with Crippen LogP contribution in [0.5, 0.6) is 11.6 Å². The normalized spacial score (nSPS) is 10.2. The molecule has 0 aliphatic rings. The third-order valence-electron chi connectivity index (χ3n) is 2.60. The van der Waals surface area contributed by atoms with Crippen molar-refractivity contribution in [3.63, 3.8) is 0 Å². The predicted octanol–water partition coefficient (Wildman–Crippen LogP) is 2.34. The minimum absolute atomic E-state index is 0.102. The number of methoxy groups -OCH3 is 2. The summed E-state index contributed by atoms with van der Waals surface area (Å²) in [4.78, 5) is 19.1. The summed E-state index contributed by atoms with van der Waals surface area (Å²) >= 11 is 1.05. The number of benzene rings is 1. The molecule has 0 aliphatic carbocycles. The lowest BCUT2D eigenvalue weighted by Crippen LogP contribution is -2.01. The van der Waals surface area contributed by atoms with Crippen LogP contribution >= 0.6 is 11.8 Å². The second kappa shape index (κ2) is 6.94. The molecule has 0 atom stereocenters. The summed E-state index contributed by atoms with van der Waals surface area (Å²) in [5, 5.41) is 9.09. The van der Waals surface area contributed by atoms with Crippen LogP contribution in [-0.2, 0) is 4.79 Å². The lowest BCUT2D eigenvalue weighted by molar-refractivity contribution is -0.133. The summed E-state index contributed by atoms with van der Waals surface area (Å²) in [6.07, 6.45) is 0. The molecule has 110 valence electrons. The number of thioether (sulfide) groups is 1. The number of hydrogen-bond donors (Lipinski definition) is 1. The fraction of sp³-hybridized carbons (Fsp3) is 0.214. The lowest BCUT2D eigenvalue weighted by Gasteiger charge is -2.07. The molecule has 0 unspecified atom stereocenters. The van der Waals surface area contributed by atoms with E-state index in [1.165, 1.54) is 7.11 Å². The second-order valence-electron chi connectivity index (χ2n) is 3.99. The second-order valence-corrected chi connectivity index (χ2v) is 4.93. The Morgan fingerprint density at radius 2 is 1.90 bits per heavy atom. The summed E-state index contributed by atoms with van der Waals surface area (Å²) in [7, 11) is 3.11. The minimum atomic E-state index is -0.919. The van der Waals surface area contributed by atoms with Crippen molar-refractivity contribution >= 4 is 17.7 Å². The van der Waals surface area contributed by atoms with Crippen molar-refractivity contribution in [3.05, 3.63) is 30.3 Å². The molecule has 6 nitrogen and oxygen atoms in total. The first kappa shape index (κ1) is 15.1. The third-order valence-corrected chi connectivity index (χ3v) is 3.43. The maximum Gasteiger partial charge on any atom is 0.313 e. The molecular weight excluding hydrogens is 292 g/mol. The van der Waals surface area contributed by atoms with E-state index in [-0.39, 0.29) is 5.75 Å². The van der Waals surface area contributed by atoms with Crippen LogP contribution in [0.1, 0.15) is 0 Å². The van der Waals surface area contributed by atoms with Gasteiger partial charge in [0.05, 0.1) is 25.7 Å². The molecule has 0 saturated heterocycles. The average molecular weight is 306 g/mol. The molecule has 0 aliphatic heterocycles. The highest BCUT2D eigenvalue weighted by Gasteiger charge is 2.09. The van der Waals surface area contributed by atoms with Crippen molar-refractivity contribution in [2.45, 2.75) is 5.16 Å². The minimum Gasteiger partial charge on any atom is -0.497 e. The fourth-order valence-electron chi connectivity index (χ4n) is 1.61. The van der Waals surface area contributed by atoms with Crippen molar-refractivity contribution < 1.29 is 19.4 Å². The maximum atomic E-state index is 10.6. The van der Waals surface area contributed by atoms with Gasteiger partial charge in [-0.05, 0) is 24.3 Å². The Morgan fingerprint density at radius 3 is 2.48 bits per heavy atom. The molecule has 0 spiro atoms. The predicted molar refractivity (Wildman–Crippen MR) is 78.9 cm³/mol. The zero-order valence-electron chi connectivity index (χ0n) is 11.6. The number of hydrogen-bond acceptors (Lipinski definition) is 6. The van der Waals surface area contributed by atoms with E-state index in [1.807, 2.05) is 24.3 Å². The van der Waals surface area contributed by atoms with Gasteiger partial charge in [-0.15, -0.1) is 0 Å². The number of ether oxygens (including phenoxy) is 2. The van der Waals surface area contributed by atoms with Crippen LogP contribution < -0.4 is 9.47 Å². The van der Waals surface area contributed by atoms with E-state index in [1.54, 1.807) is 13.2 Å². The zero-order chi connectivity index (χ0) is 15.2. The standard InChI is InChI=1S/C14H14N2O4S/c1-19-10-5-3-9(4-6-10)11-7-12(20-2)16-14(15-11)21-8-13(17)18/h3-7H,8H2,1-2H3,(H,17,18). The Morgan fingerprint density at radius 1 is 1.19 bits per heavy atom. The number of nitrogens with zero attached hydrogens (tertiary/aromatic N) is 2. The summed E-state index contributed by atoms with van der Waals surface area (Å²) in [5.41, 5.74) is 1.53. The van der Waals surface area contributed by atoms with Gasteiger partial charge >= 0.3 is 5.97 Å². The van der Waals surface area contributed by atoms with Crippen LogP contribution in [0.15, 0.2) is 35.5 Å². The largest absolute Gasteiger partial charge is 0.497 e. The first-order valence-corrected chi connectivity index (χ1v) is 7.03. The Labute approximate surface area is 126 Å². The van der Waals surface area contributed by atoms with Gasteiger partial charge in [0.2, 0.25) is 5.88 Å². The van der Waals surface area contributed by atoms with Crippen molar-refractivity contribution in [2.75, 3.05) is 20.0 Å². The number of carboxylic acids is 1. The van der Waals surface area contributed by atoms with Crippen LogP contribution in [0.25, 0.3) is 11.3 Å². The molecule has 0 fully saturated rings. The van der Waals surface area contributed by atoms with Gasteiger partial charge in [0.1, 0.15) is 5.75 Å². The van der Waals surface area contributed by atoms with Gasteiger partial charge in [-0.2, -0.15) is 4.98 Å². The SMILES string of the molecule is COc1ccc(-c2cc(OC)nc(SCC(=O)O)n2)cc1. The van der Waals surface area contributed by atoms with Crippen molar-refractivity contribution in [1.29, 1.82) is 0 Å². The molecule has 0 radical (unpaired) electrons. The van der Waals surface area contributed by atoms with Gasteiger partial charge in [0.25, 0.3) is 0 Å². The van der Waals surface area contributed by atoms with Crippen LogP contribution in [0.2, 0.25) is 0 Å². The quantitative estimate of drug-likeness (QED) is 0.648. The molecule has 0 bridgehead atoms. The molecule has 2 rings (SSSR count). The number of aliphatic carboxylic acids is 1. The summed E-state index contributed by atoms with van der Waals surface area (Å²) in [6.45, 7) is 0. The van der Waals surface area contributed by atoms with Crippen LogP contribution in [-0.4, -0.2) is 41.0 Å². The molecule has 1 aromatic heterocycles. The molecule has 2 aromatic rings. The lowest BCUT2D eigenvalue weighted by atomic mass is 10.1. The van der Waals surface area contributed by atoms with Gasteiger partial charge in [-0.1, -0.05) is 11.8 Å². The molecule has 1 N–H and O–H groups in total. The van der Waals surface area contributed by atoms with E-state index in [0.717, 1.165) is 23.1 Å². The van der Waals surface area contributed by atoms with E-state index >= 15 is 0 Å². The molecule has 0 amide bonds. The summed E-state index contributed by atoms with van der Waals surface area (Å²) in [5.74, 6) is 0.122. The Kier molecular flexibility index (Phi) is 4.99. The zero-order valence-corrected chi connectivity index (χ0v) is 12.4. The maximum absolute atomic E-state index is 10.6. The number of aromatic nitrogens is 2. The van der Waals surface area contributed by atoms with Crippen molar-refractivity contribution in [2.24, 2.45) is 0 Å². The number of rotatable bonds is 6. The summed E-state index contributed by atoms with van der Waals surface area (Å²) in [6, 6.07) is 9.09. The molecule has 21 heavy (non-hydrogen) atoms. The molecule has 1 heterocycles. The number of carboxylic acid groups (broad SMARTS) is 1. The molecule has 0 saturated carbocycles. The van der Waals surface area contributed by atoms with Crippen molar-refractivity contribution in [3.8, 4) is 22.9 Å². The van der Waals surface area contributed by atoms with Crippen molar-refractivity contribution in [1.82, 2.24) is 9.97 Å². The van der Waals surface area contributed by atoms with Crippen LogP contribution in [0.3, 0.4) is 0 Å². The van der Waals surface area contributed by atoms with Gasteiger partial charge in [-0.25, -0.2) is 4.98 Å². The molecule has 7 heteroatoms. The number of carbonyl (C=O) groups is 1. The Hall–Kier alpha value is -2.28. The monoisotopic (exact) mass is 306 g/mol. The summed E-state index contributed by atoms with van der Waals surface area (Å²) < 4.78 is 10.2. The van der Waals surface area contributed by atoms with Gasteiger partial charge in [0.15, 0.2) is 5.16 Å². The highest BCUT2D eigenvalue weighted by molar-refractivity contribution is 7.99. The smallest absolute Gasteiger partial charge is 0.313 e. The topological polar surface area (TPSA) is 81.5 Å². The van der Waals surface area contributed by atoms with E-state index < -0.39 is 5.97 Å². The first-order valence-electron chi connectivity index (χ1n) is 6.04. The van der Waals surface area contributed by atoms with E-state index in [9.17, 15) is 4.79 Å². The highest BCUT2D eigenvalue weighted by atomic mass is 32.2. The van der Waals surface area contributed by atoms with E-state index in [4.69, 9.17) is 14.6 Å². The highest BCUT2D eigenvalue weighted by Crippen LogP contribution is 2.26. The molecule has 1 aromatic carbocycles. The van der Waals surface area contributed by atoms with E-state index in [0.29, 0.717) is 16.7 Å². The molecular formula is C14H14N2O4S.